The van der Waals surface area contributed by atoms with E-state index in [4.69, 9.17) is 18.9 Å². The van der Waals surface area contributed by atoms with Crippen molar-refractivity contribution in [2.75, 3.05) is 6.61 Å². The highest BCUT2D eigenvalue weighted by atomic mass is 16.8. The average molecular weight is 372 g/mol. The lowest BCUT2D eigenvalue weighted by Gasteiger charge is -2.46. The molecule has 0 saturated carbocycles. The summed E-state index contributed by atoms with van der Waals surface area (Å²) in [5, 5.41) is 20.9. The van der Waals surface area contributed by atoms with E-state index in [1.165, 1.54) is 0 Å². The highest BCUT2D eigenvalue weighted by Gasteiger charge is 2.49. The Morgan fingerprint density at radius 3 is 2.41 bits per heavy atom. The van der Waals surface area contributed by atoms with Crippen LogP contribution in [0.1, 0.15) is 22.2 Å². The third-order valence-corrected chi connectivity index (χ3v) is 4.67. The first-order valence-electron chi connectivity index (χ1n) is 8.71. The van der Waals surface area contributed by atoms with Gasteiger partial charge < -0.3 is 29.2 Å². The number of hydrogen-bond acceptors (Lipinski definition) is 7. The van der Waals surface area contributed by atoms with Gasteiger partial charge in [-0.05, 0) is 24.3 Å². The van der Waals surface area contributed by atoms with Crippen LogP contribution in [0.4, 0.5) is 0 Å². The number of aliphatic hydroxyl groups is 2. The van der Waals surface area contributed by atoms with E-state index in [0.717, 1.165) is 11.8 Å². The largest absolute Gasteiger partial charge is 0.462 e. The smallest absolute Gasteiger partial charge is 0.229 e. The van der Waals surface area contributed by atoms with Crippen molar-refractivity contribution in [3.63, 3.8) is 0 Å². The summed E-state index contributed by atoms with van der Waals surface area (Å²) in [6.45, 7) is 0.192. The predicted octanol–water partition coefficient (Wildman–Crippen LogP) is 1.44. The van der Waals surface area contributed by atoms with Gasteiger partial charge in [0.05, 0.1) is 6.61 Å². The third-order valence-electron chi connectivity index (χ3n) is 4.67. The quantitative estimate of drug-likeness (QED) is 0.784. The molecular weight excluding hydrogens is 352 g/mol. The summed E-state index contributed by atoms with van der Waals surface area (Å²) in [6, 6.07) is 15.7. The molecule has 2 aromatic carbocycles. The van der Waals surface area contributed by atoms with Crippen molar-refractivity contribution in [1.82, 2.24) is 0 Å². The first-order valence-corrected chi connectivity index (χ1v) is 8.71. The monoisotopic (exact) mass is 372 g/mol. The molecule has 2 fully saturated rings. The molecule has 142 valence electrons. The zero-order chi connectivity index (χ0) is 18.8. The molecule has 0 spiro atoms. The molecule has 2 aromatic rings. The normalized spacial score (nSPS) is 33.1. The van der Waals surface area contributed by atoms with E-state index in [1.54, 1.807) is 24.3 Å². The fourth-order valence-corrected chi connectivity index (χ4v) is 3.21. The average Bonchev–Trinajstić information content (AvgIpc) is 2.73. The number of aliphatic hydroxyl groups excluding tert-OH is 2. The minimum atomic E-state index is -1.30. The molecule has 0 bridgehead atoms. The Morgan fingerprint density at radius 1 is 0.963 bits per heavy atom. The van der Waals surface area contributed by atoms with Gasteiger partial charge in [-0.15, -0.1) is 0 Å². The zero-order valence-corrected chi connectivity index (χ0v) is 14.4. The Bertz CT molecular complexity index is 762. The molecule has 0 aliphatic carbocycles. The van der Waals surface area contributed by atoms with Crippen LogP contribution in [0.25, 0.3) is 0 Å². The van der Waals surface area contributed by atoms with Crippen molar-refractivity contribution in [2.45, 2.75) is 37.0 Å². The van der Waals surface area contributed by atoms with Crippen LogP contribution in [0.3, 0.4) is 0 Å². The van der Waals surface area contributed by atoms with Gasteiger partial charge in [-0.1, -0.05) is 30.3 Å². The van der Waals surface area contributed by atoms with Gasteiger partial charge in [0.1, 0.15) is 36.5 Å². The lowest BCUT2D eigenvalue weighted by atomic mass is 9.98. The Labute approximate surface area is 156 Å². The zero-order valence-electron chi connectivity index (χ0n) is 14.4. The van der Waals surface area contributed by atoms with Crippen LogP contribution in [0.15, 0.2) is 54.6 Å². The summed E-state index contributed by atoms with van der Waals surface area (Å²) < 4.78 is 23.0. The predicted molar refractivity (Wildman–Crippen MR) is 93.1 cm³/mol. The molecule has 2 aliphatic rings. The van der Waals surface area contributed by atoms with Gasteiger partial charge in [0.15, 0.2) is 6.29 Å². The first-order chi connectivity index (χ1) is 13.2. The molecule has 7 heteroatoms. The Balaban J connectivity index is 1.44. The molecule has 4 rings (SSSR count). The molecular formula is C20H20O7. The van der Waals surface area contributed by atoms with E-state index < -0.39 is 37.0 Å². The lowest BCUT2D eigenvalue weighted by Crippen LogP contribution is -2.62. The fourth-order valence-electron chi connectivity index (χ4n) is 3.21. The molecule has 2 N–H and O–H groups in total. The topological polar surface area (TPSA) is 94.5 Å². The lowest BCUT2D eigenvalue weighted by molar-refractivity contribution is -0.350. The molecule has 2 saturated heterocycles. The number of carbonyl (C=O) groups is 1. The maximum absolute atomic E-state index is 10.7. The second kappa shape index (κ2) is 7.75. The highest BCUT2D eigenvalue weighted by Crippen LogP contribution is 2.34. The second-order valence-electron chi connectivity index (χ2n) is 6.51. The van der Waals surface area contributed by atoms with E-state index in [2.05, 4.69) is 0 Å². The number of ether oxygens (including phenoxy) is 4. The third kappa shape index (κ3) is 3.73. The Morgan fingerprint density at radius 2 is 1.70 bits per heavy atom. The summed E-state index contributed by atoms with van der Waals surface area (Å²) >= 11 is 0. The molecule has 27 heavy (non-hydrogen) atoms. The van der Waals surface area contributed by atoms with Gasteiger partial charge in [0.25, 0.3) is 0 Å². The maximum Gasteiger partial charge on any atom is 0.229 e. The van der Waals surface area contributed by atoms with Gasteiger partial charge in [-0.3, -0.25) is 4.79 Å². The van der Waals surface area contributed by atoms with Crippen LogP contribution in [-0.4, -0.2) is 53.8 Å². The summed E-state index contributed by atoms with van der Waals surface area (Å²) in [7, 11) is 0. The number of benzene rings is 2. The molecule has 2 aliphatic heterocycles. The minimum absolute atomic E-state index is 0.192. The second-order valence-corrected chi connectivity index (χ2v) is 6.51. The molecule has 0 aromatic heterocycles. The van der Waals surface area contributed by atoms with E-state index >= 15 is 0 Å². The number of hydrogen-bond donors (Lipinski definition) is 2. The van der Waals surface area contributed by atoms with Gasteiger partial charge in [0, 0.05) is 11.1 Å². The van der Waals surface area contributed by atoms with Crippen molar-refractivity contribution < 1.29 is 34.0 Å². The SMILES string of the molecule is O=Cc1ccc(O[C@@H]2OC3COC(c4ccccc4)O[C@@H]3[C@H](O)C2O)cc1. The summed E-state index contributed by atoms with van der Waals surface area (Å²) in [5.41, 5.74) is 1.33. The first kappa shape index (κ1) is 18.1. The van der Waals surface area contributed by atoms with Crippen molar-refractivity contribution in [1.29, 1.82) is 0 Å². The van der Waals surface area contributed by atoms with E-state index in [0.29, 0.717) is 11.3 Å². The van der Waals surface area contributed by atoms with Crippen molar-refractivity contribution in [3.05, 3.63) is 65.7 Å². The molecule has 0 amide bonds. The number of fused-ring (bicyclic) bond motifs is 1. The molecule has 6 atom stereocenters. The Kier molecular flexibility index (Phi) is 5.20. The molecule has 2 heterocycles. The van der Waals surface area contributed by atoms with Crippen LogP contribution in [-0.2, 0) is 14.2 Å². The standard InChI is InChI=1S/C20H20O7/c21-10-12-6-8-14(9-7-12)25-20-17(23)16(22)18-15(26-20)11-24-19(27-18)13-4-2-1-3-5-13/h1-10,15-20,22-23H,11H2/t15?,16-,17?,18+,19?,20-/m1/s1. The Hall–Kier alpha value is -2.29. The summed E-state index contributed by atoms with van der Waals surface area (Å²) in [5.74, 6) is 0.412. The van der Waals surface area contributed by atoms with E-state index in [1.807, 2.05) is 30.3 Å². The summed E-state index contributed by atoms with van der Waals surface area (Å²) in [4.78, 5) is 10.7. The molecule has 0 radical (unpaired) electrons. The van der Waals surface area contributed by atoms with Crippen molar-refractivity contribution in [2.24, 2.45) is 0 Å². The van der Waals surface area contributed by atoms with Crippen LogP contribution in [0.2, 0.25) is 0 Å². The fraction of sp³-hybridized carbons (Fsp3) is 0.350. The van der Waals surface area contributed by atoms with E-state index in [9.17, 15) is 15.0 Å². The van der Waals surface area contributed by atoms with Crippen molar-refractivity contribution in [3.8, 4) is 5.75 Å². The van der Waals surface area contributed by atoms with Gasteiger partial charge >= 0.3 is 0 Å². The summed E-state index contributed by atoms with van der Waals surface area (Å²) in [6.07, 6.45) is -4.80. The number of carbonyl (C=O) groups excluding carboxylic acids is 1. The number of rotatable bonds is 4. The van der Waals surface area contributed by atoms with Crippen molar-refractivity contribution >= 4 is 6.29 Å². The van der Waals surface area contributed by atoms with E-state index in [-0.39, 0.29) is 6.61 Å². The maximum atomic E-state index is 10.7. The van der Waals surface area contributed by atoms with Crippen LogP contribution in [0, 0.1) is 0 Å². The number of aldehydes is 1. The van der Waals surface area contributed by atoms with Crippen LogP contribution >= 0.6 is 0 Å². The van der Waals surface area contributed by atoms with Crippen LogP contribution < -0.4 is 4.74 Å². The van der Waals surface area contributed by atoms with Gasteiger partial charge in [-0.2, -0.15) is 0 Å². The molecule has 7 nitrogen and oxygen atoms in total. The van der Waals surface area contributed by atoms with Gasteiger partial charge in [-0.25, -0.2) is 0 Å². The van der Waals surface area contributed by atoms with Crippen LogP contribution in [0.5, 0.6) is 5.75 Å². The van der Waals surface area contributed by atoms with Gasteiger partial charge in [0.2, 0.25) is 6.29 Å². The highest BCUT2D eigenvalue weighted by molar-refractivity contribution is 5.74. The minimum Gasteiger partial charge on any atom is -0.462 e. The molecule has 3 unspecified atom stereocenters.